The van der Waals surface area contributed by atoms with Gasteiger partial charge in [0.1, 0.15) is 0 Å². The van der Waals surface area contributed by atoms with Gasteiger partial charge in [-0.3, -0.25) is 0 Å². The highest BCUT2D eigenvalue weighted by Crippen LogP contribution is 2.09. The molecule has 0 fully saturated rings. The molecule has 0 heteroatoms. The van der Waals surface area contributed by atoms with E-state index < -0.39 is 0 Å². The Morgan fingerprint density at radius 3 is 2.43 bits per heavy atom. The lowest BCUT2D eigenvalue weighted by molar-refractivity contribution is 0.581. The van der Waals surface area contributed by atoms with Gasteiger partial charge >= 0.3 is 0 Å². The van der Waals surface area contributed by atoms with Crippen molar-refractivity contribution in [3.05, 3.63) is 35.9 Å². The van der Waals surface area contributed by atoms with Gasteiger partial charge in [-0.2, -0.15) is 0 Å². The first-order chi connectivity index (χ1) is 6.86. The van der Waals surface area contributed by atoms with E-state index in [1.165, 1.54) is 12.8 Å². The third-order valence-electron chi connectivity index (χ3n) is 2.32. The molecule has 1 aromatic rings. The van der Waals surface area contributed by atoms with Crippen molar-refractivity contribution in [3.8, 4) is 11.8 Å². The molecule has 0 aromatic heterocycles. The molecule has 0 amide bonds. The van der Waals surface area contributed by atoms with E-state index in [4.69, 9.17) is 0 Å². The van der Waals surface area contributed by atoms with E-state index in [-0.39, 0.29) is 0 Å². The second kappa shape index (κ2) is 6.27. The zero-order valence-electron chi connectivity index (χ0n) is 9.09. The maximum absolute atomic E-state index is 3.34. The smallest absolute Gasteiger partial charge is 0.0245 e. The molecule has 0 bridgehead atoms. The minimum absolute atomic E-state index is 0.570. The highest BCUT2D eigenvalue weighted by molar-refractivity contribution is 5.34. The first kappa shape index (κ1) is 10.9. The molecule has 0 nitrogen and oxygen atoms in total. The lowest BCUT2D eigenvalue weighted by Gasteiger charge is -2.03. The molecule has 74 valence electrons. The van der Waals surface area contributed by atoms with Crippen LogP contribution in [-0.2, 0) is 0 Å². The van der Waals surface area contributed by atoms with Crippen LogP contribution in [0.4, 0.5) is 0 Å². The van der Waals surface area contributed by atoms with Crippen LogP contribution in [0.15, 0.2) is 30.3 Å². The maximum atomic E-state index is 3.34. The van der Waals surface area contributed by atoms with Crippen LogP contribution in [0.25, 0.3) is 0 Å². The number of hydrogen-bond donors (Lipinski definition) is 0. The predicted octanol–water partition coefficient (Wildman–Crippen LogP) is 3.86. The summed E-state index contributed by atoms with van der Waals surface area (Å²) in [6, 6.07) is 10.2. The van der Waals surface area contributed by atoms with Gasteiger partial charge in [-0.1, -0.05) is 50.3 Å². The first-order valence-electron chi connectivity index (χ1n) is 5.43. The van der Waals surface area contributed by atoms with E-state index in [0.29, 0.717) is 5.92 Å². The van der Waals surface area contributed by atoms with E-state index in [1.54, 1.807) is 0 Å². The lowest BCUT2D eigenvalue weighted by atomic mass is 10.0. The molecule has 1 atom stereocenters. The van der Waals surface area contributed by atoms with E-state index in [1.807, 2.05) is 18.2 Å². The van der Waals surface area contributed by atoms with E-state index >= 15 is 0 Å². The first-order valence-corrected chi connectivity index (χ1v) is 5.43. The third kappa shape index (κ3) is 3.66. The van der Waals surface area contributed by atoms with E-state index in [0.717, 1.165) is 12.0 Å². The van der Waals surface area contributed by atoms with Gasteiger partial charge < -0.3 is 0 Å². The zero-order valence-corrected chi connectivity index (χ0v) is 9.09. The Balaban J connectivity index is 2.61. The minimum Gasteiger partial charge on any atom is -0.0945 e. The summed E-state index contributed by atoms with van der Waals surface area (Å²) in [6.07, 6.45) is 3.60. The Hall–Kier alpha value is -1.22. The summed E-state index contributed by atoms with van der Waals surface area (Å²) in [4.78, 5) is 0. The van der Waals surface area contributed by atoms with Crippen LogP contribution < -0.4 is 0 Å². The van der Waals surface area contributed by atoms with Crippen molar-refractivity contribution in [3.63, 3.8) is 0 Å². The molecule has 0 spiro atoms. The minimum atomic E-state index is 0.570. The second-order valence-electron chi connectivity index (χ2n) is 3.53. The topological polar surface area (TPSA) is 0 Å². The lowest BCUT2D eigenvalue weighted by Crippen LogP contribution is -1.93. The molecule has 0 radical (unpaired) electrons. The summed E-state index contributed by atoms with van der Waals surface area (Å²) < 4.78 is 0. The zero-order chi connectivity index (χ0) is 10.2. The summed E-state index contributed by atoms with van der Waals surface area (Å²) in [5.74, 6) is 7.14. The summed E-state index contributed by atoms with van der Waals surface area (Å²) >= 11 is 0. The number of rotatable bonds is 3. The second-order valence-corrected chi connectivity index (χ2v) is 3.53. The van der Waals surface area contributed by atoms with Gasteiger partial charge in [0, 0.05) is 11.5 Å². The molecule has 1 unspecified atom stereocenters. The normalized spacial score (nSPS) is 11.6. The highest BCUT2D eigenvalue weighted by Gasteiger charge is 1.98. The van der Waals surface area contributed by atoms with E-state index in [2.05, 4.69) is 37.8 Å². The standard InChI is InChI=1S/C14H18/c1-3-8-13(4-2)11-12-14-9-6-5-7-10-14/h5-7,9-10,13H,3-4,8H2,1-2H3. The molecule has 0 aliphatic carbocycles. The molecular formula is C14H18. The molecule has 1 aromatic carbocycles. The van der Waals surface area contributed by atoms with Gasteiger partial charge in [-0.15, -0.1) is 0 Å². The Kier molecular flexibility index (Phi) is 4.86. The van der Waals surface area contributed by atoms with Crippen molar-refractivity contribution < 1.29 is 0 Å². The largest absolute Gasteiger partial charge is 0.0945 e. The van der Waals surface area contributed by atoms with Crippen LogP contribution >= 0.6 is 0 Å². The van der Waals surface area contributed by atoms with Crippen LogP contribution in [0.5, 0.6) is 0 Å². The molecule has 14 heavy (non-hydrogen) atoms. The molecular weight excluding hydrogens is 168 g/mol. The summed E-state index contributed by atoms with van der Waals surface area (Å²) in [7, 11) is 0. The van der Waals surface area contributed by atoms with Gasteiger partial charge in [0.15, 0.2) is 0 Å². The Morgan fingerprint density at radius 1 is 1.14 bits per heavy atom. The van der Waals surface area contributed by atoms with Crippen molar-refractivity contribution in [2.45, 2.75) is 33.1 Å². The van der Waals surface area contributed by atoms with Crippen molar-refractivity contribution in [1.82, 2.24) is 0 Å². The van der Waals surface area contributed by atoms with Crippen molar-refractivity contribution in [2.24, 2.45) is 5.92 Å². The average Bonchev–Trinajstić information content (AvgIpc) is 2.25. The van der Waals surface area contributed by atoms with Crippen molar-refractivity contribution in [1.29, 1.82) is 0 Å². The Bertz CT molecular complexity index is 300. The maximum Gasteiger partial charge on any atom is 0.0245 e. The SMILES string of the molecule is CCCC(C#Cc1ccccc1)CC. The summed E-state index contributed by atoms with van der Waals surface area (Å²) in [6.45, 7) is 4.42. The number of benzene rings is 1. The molecule has 1 rings (SSSR count). The fourth-order valence-corrected chi connectivity index (χ4v) is 1.43. The van der Waals surface area contributed by atoms with Crippen LogP contribution in [0, 0.1) is 17.8 Å². The molecule has 0 aliphatic rings. The molecule has 0 saturated carbocycles. The number of hydrogen-bond acceptors (Lipinski definition) is 0. The van der Waals surface area contributed by atoms with Crippen LogP contribution in [0.1, 0.15) is 38.7 Å². The van der Waals surface area contributed by atoms with Crippen LogP contribution in [-0.4, -0.2) is 0 Å². The quantitative estimate of drug-likeness (QED) is 0.629. The van der Waals surface area contributed by atoms with Crippen molar-refractivity contribution >= 4 is 0 Å². The summed E-state index contributed by atoms with van der Waals surface area (Å²) in [5.41, 5.74) is 1.13. The summed E-state index contributed by atoms with van der Waals surface area (Å²) in [5, 5.41) is 0. The third-order valence-corrected chi connectivity index (χ3v) is 2.32. The van der Waals surface area contributed by atoms with E-state index in [9.17, 15) is 0 Å². The van der Waals surface area contributed by atoms with Gasteiger partial charge in [-0.05, 0) is 25.0 Å². The predicted molar refractivity (Wildman–Crippen MR) is 62.0 cm³/mol. The molecule has 0 heterocycles. The molecule has 0 aliphatic heterocycles. The van der Waals surface area contributed by atoms with Gasteiger partial charge in [-0.25, -0.2) is 0 Å². The monoisotopic (exact) mass is 186 g/mol. The molecule has 0 N–H and O–H groups in total. The highest BCUT2D eigenvalue weighted by atomic mass is 14.0. The van der Waals surface area contributed by atoms with Gasteiger partial charge in [0.05, 0.1) is 0 Å². The van der Waals surface area contributed by atoms with Crippen LogP contribution in [0.3, 0.4) is 0 Å². The average molecular weight is 186 g/mol. The molecule has 0 saturated heterocycles. The van der Waals surface area contributed by atoms with Crippen LogP contribution in [0.2, 0.25) is 0 Å². The van der Waals surface area contributed by atoms with Gasteiger partial charge in [0.25, 0.3) is 0 Å². The fraction of sp³-hybridized carbons (Fsp3) is 0.429. The Labute approximate surface area is 87.4 Å². The Morgan fingerprint density at radius 2 is 1.86 bits per heavy atom. The fourth-order valence-electron chi connectivity index (χ4n) is 1.43. The van der Waals surface area contributed by atoms with Gasteiger partial charge in [0.2, 0.25) is 0 Å². The van der Waals surface area contributed by atoms with Crippen molar-refractivity contribution in [2.75, 3.05) is 0 Å².